The van der Waals surface area contributed by atoms with Crippen LogP contribution in [0.15, 0.2) is 30.3 Å². The van der Waals surface area contributed by atoms with Crippen molar-refractivity contribution in [3.8, 4) is 0 Å². The van der Waals surface area contributed by atoms with Crippen LogP contribution in [0, 0.1) is 0 Å². The topological polar surface area (TPSA) is 38.8 Å². The van der Waals surface area contributed by atoms with Gasteiger partial charge in [-0.1, -0.05) is 30.3 Å². The zero-order chi connectivity index (χ0) is 17.2. The molecule has 0 saturated carbocycles. The standard InChI is InChI=1S/C20H27NO3/c1-20(2,3)24-19(22)21-12-6-9-18(21)17-8-5-4-7-16(17)15-10-13-23-14-11-15/h4-5,7-8,10,18H,6,9,11-14H2,1-3H3/t18-/m0/s1. The lowest BCUT2D eigenvalue weighted by molar-refractivity contribution is 0.0224. The average Bonchev–Trinajstić information content (AvgIpc) is 3.04. The number of amides is 1. The Hall–Kier alpha value is -1.81. The number of likely N-dealkylation sites (tertiary alicyclic amines) is 1. The largest absolute Gasteiger partial charge is 0.444 e. The predicted octanol–water partition coefficient (Wildman–Crippen LogP) is 4.56. The summed E-state index contributed by atoms with van der Waals surface area (Å²) in [6, 6.07) is 8.54. The van der Waals surface area contributed by atoms with E-state index in [1.54, 1.807) is 0 Å². The molecule has 1 aromatic rings. The van der Waals surface area contributed by atoms with Crippen LogP contribution in [0.4, 0.5) is 4.79 Å². The second-order valence-electron chi connectivity index (χ2n) is 7.47. The van der Waals surface area contributed by atoms with Gasteiger partial charge in [-0.15, -0.1) is 0 Å². The summed E-state index contributed by atoms with van der Waals surface area (Å²) in [5.74, 6) is 0. The van der Waals surface area contributed by atoms with Crippen LogP contribution in [0.1, 0.15) is 57.2 Å². The van der Waals surface area contributed by atoms with Crippen LogP contribution in [0.2, 0.25) is 0 Å². The van der Waals surface area contributed by atoms with Crippen LogP contribution in [-0.4, -0.2) is 36.4 Å². The van der Waals surface area contributed by atoms with Crippen molar-refractivity contribution in [2.45, 2.75) is 51.7 Å². The van der Waals surface area contributed by atoms with Crippen molar-refractivity contribution in [1.29, 1.82) is 0 Å². The van der Waals surface area contributed by atoms with E-state index in [2.05, 4.69) is 30.3 Å². The van der Waals surface area contributed by atoms with Crippen LogP contribution in [0.3, 0.4) is 0 Å². The van der Waals surface area contributed by atoms with Gasteiger partial charge in [0.2, 0.25) is 0 Å². The highest BCUT2D eigenvalue weighted by Gasteiger charge is 2.34. The molecule has 1 atom stereocenters. The third-order valence-corrected chi connectivity index (χ3v) is 4.51. The molecule has 0 N–H and O–H groups in total. The fraction of sp³-hybridized carbons (Fsp3) is 0.550. The van der Waals surface area contributed by atoms with E-state index in [-0.39, 0.29) is 12.1 Å². The molecule has 0 unspecified atom stereocenters. The summed E-state index contributed by atoms with van der Waals surface area (Å²) in [5.41, 5.74) is 3.34. The Morgan fingerprint density at radius 2 is 2.08 bits per heavy atom. The van der Waals surface area contributed by atoms with Crippen molar-refractivity contribution in [3.05, 3.63) is 41.5 Å². The molecule has 3 rings (SSSR count). The van der Waals surface area contributed by atoms with Crippen LogP contribution in [-0.2, 0) is 9.47 Å². The Morgan fingerprint density at radius 1 is 1.29 bits per heavy atom. The van der Waals surface area contributed by atoms with Gasteiger partial charge in [0.25, 0.3) is 0 Å². The molecule has 1 amide bonds. The van der Waals surface area contributed by atoms with Gasteiger partial charge in [0.1, 0.15) is 5.60 Å². The second-order valence-corrected chi connectivity index (χ2v) is 7.47. The van der Waals surface area contributed by atoms with E-state index in [1.165, 1.54) is 16.7 Å². The Morgan fingerprint density at radius 3 is 2.79 bits per heavy atom. The smallest absolute Gasteiger partial charge is 0.410 e. The molecule has 0 aromatic heterocycles. The summed E-state index contributed by atoms with van der Waals surface area (Å²) in [7, 11) is 0. The van der Waals surface area contributed by atoms with Gasteiger partial charge in [0.15, 0.2) is 0 Å². The second kappa shape index (κ2) is 6.98. The minimum absolute atomic E-state index is 0.0970. The maximum absolute atomic E-state index is 12.6. The van der Waals surface area contributed by atoms with Gasteiger partial charge in [0, 0.05) is 6.54 Å². The van der Waals surface area contributed by atoms with Gasteiger partial charge in [0.05, 0.1) is 19.3 Å². The number of carbonyl (C=O) groups excluding carboxylic acids is 1. The van der Waals surface area contributed by atoms with Crippen LogP contribution in [0.5, 0.6) is 0 Å². The lowest BCUT2D eigenvalue weighted by atomic mass is 9.91. The molecular formula is C20H27NO3. The van der Waals surface area contributed by atoms with E-state index in [0.29, 0.717) is 6.61 Å². The Bertz CT molecular complexity index is 630. The highest BCUT2D eigenvalue weighted by Crippen LogP contribution is 2.38. The zero-order valence-corrected chi connectivity index (χ0v) is 14.9. The highest BCUT2D eigenvalue weighted by atomic mass is 16.6. The highest BCUT2D eigenvalue weighted by molar-refractivity contribution is 5.72. The molecule has 4 nitrogen and oxygen atoms in total. The number of carbonyl (C=O) groups is 1. The molecule has 2 aliphatic heterocycles. The molecular weight excluding hydrogens is 302 g/mol. The molecule has 1 saturated heterocycles. The monoisotopic (exact) mass is 329 g/mol. The quantitative estimate of drug-likeness (QED) is 0.798. The maximum atomic E-state index is 12.6. The van der Waals surface area contributed by atoms with Crippen molar-refractivity contribution in [3.63, 3.8) is 0 Å². The Labute approximate surface area is 144 Å². The predicted molar refractivity (Wildman–Crippen MR) is 94.8 cm³/mol. The summed E-state index contributed by atoms with van der Waals surface area (Å²) < 4.78 is 11.1. The Kier molecular flexibility index (Phi) is 4.95. The number of rotatable bonds is 2. The van der Waals surface area contributed by atoms with Crippen molar-refractivity contribution >= 4 is 11.7 Å². The number of benzene rings is 1. The van der Waals surface area contributed by atoms with Crippen molar-refractivity contribution in [1.82, 2.24) is 4.90 Å². The summed E-state index contributed by atoms with van der Waals surface area (Å²) >= 11 is 0. The minimum Gasteiger partial charge on any atom is -0.444 e. The van der Waals surface area contributed by atoms with Crippen molar-refractivity contribution in [2.75, 3.05) is 19.8 Å². The number of nitrogens with zero attached hydrogens (tertiary/aromatic N) is 1. The fourth-order valence-corrected chi connectivity index (χ4v) is 3.48. The molecule has 24 heavy (non-hydrogen) atoms. The summed E-state index contributed by atoms with van der Waals surface area (Å²) in [6.45, 7) is 7.94. The lowest BCUT2D eigenvalue weighted by Gasteiger charge is -2.30. The van der Waals surface area contributed by atoms with E-state index >= 15 is 0 Å². The summed E-state index contributed by atoms with van der Waals surface area (Å²) in [6.07, 6.45) is 4.88. The van der Waals surface area contributed by atoms with Crippen LogP contribution in [0.25, 0.3) is 5.57 Å². The first-order valence-electron chi connectivity index (χ1n) is 8.81. The normalized spacial score (nSPS) is 21.5. The fourth-order valence-electron chi connectivity index (χ4n) is 3.48. The molecule has 0 radical (unpaired) electrons. The van der Waals surface area contributed by atoms with Gasteiger partial charge in [-0.3, -0.25) is 0 Å². The first kappa shape index (κ1) is 17.0. The molecule has 2 aliphatic rings. The van der Waals surface area contributed by atoms with E-state index in [1.807, 2.05) is 25.7 Å². The SMILES string of the molecule is CC(C)(C)OC(=O)N1CCC[C@H]1c1ccccc1C1=CCOCC1. The minimum atomic E-state index is -0.465. The molecule has 4 heteroatoms. The maximum Gasteiger partial charge on any atom is 0.410 e. The Balaban J connectivity index is 1.88. The average molecular weight is 329 g/mol. The summed E-state index contributed by atoms with van der Waals surface area (Å²) in [5, 5.41) is 0. The van der Waals surface area contributed by atoms with E-state index in [9.17, 15) is 4.79 Å². The first-order chi connectivity index (χ1) is 11.5. The van der Waals surface area contributed by atoms with E-state index < -0.39 is 5.60 Å². The number of hydrogen-bond acceptors (Lipinski definition) is 3. The lowest BCUT2D eigenvalue weighted by Crippen LogP contribution is -2.36. The van der Waals surface area contributed by atoms with Crippen molar-refractivity contribution in [2.24, 2.45) is 0 Å². The van der Waals surface area contributed by atoms with Crippen LogP contribution < -0.4 is 0 Å². The van der Waals surface area contributed by atoms with Crippen molar-refractivity contribution < 1.29 is 14.3 Å². The van der Waals surface area contributed by atoms with Crippen LogP contribution >= 0.6 is 0 Å². The molecule has 1 fully saturated rings. The molecule has 0 aliphatic carbocycles. The van der Waals surface area contributed by atoms with Gasteiger partial charge in [-0.05, 0) is 56.7 Å². The molecule has 0 bridgehead atoms. The van der Waals surface area contributed by atoms with E-state index in [4.69, 9.17) is 9.47 Å². The molecule has 0 spiro atoms. The van der Waals surface area contributed by atoms with Gasteiger partial charge >= 0.3 is 6.09 Å². The number of ether oxygens (including phenoxy) is 2. The third-order valence-electron chi connectivity index (χ3n) is 4.51. The zero-order valence-electron chi connectivity index (χ0n) is 14.9. The summed E-state index contributed by atoms with van der Waals surface area (Å²) in [4.78, 5) is 14.5. The molecule has 130 valence electrons. The first-order valence-corrected chi connectivity index (χ1v) is 8.81. The third kappa shape index (κ3) is 3.81. The molecule has 1 aromatic carbocycles. The van der Waals surface area contributed by atoms with Gasteiger partial charge < -0.3 is 14.4 Å². The molecule has 2 heterocycles. The van der Waals surface area contributed by atoms with Gasteiger partial charge in [-0.2, -0.15) is 0 Å². The van der Waals surface area contributed by atoms with Gasteiger partial charge in [-0.25, -0.2) is 4.79 Å². The number of hydrogen-bond donors (Lipinski definition) is 0. The van der Waals surface area contributed by atoms with E-state index in [0.717, 1.165) is 32.4 Å².